The van der Waals surface area contributed by atoms with Gasteiger partial charge in [0.25, 0.3) is 5.91 Å². The Balaban J connectivity index is 1.24. The van der Waals surface area contributed by atoms with E-state index in [0.29, 0.717) is 30.0 Å². The van der Waals surface area contributed by atoms with Crippen LogP contribution in [0.2, 0.25) is 0 Å². The number of nitrogens with one attached hydrogen (secondary N) is 3. The van der Waals surface area contributed by atoms with E-state index in [9.17, 15) is 15.0 Å². The Morgan fingerprint density at radius 1 is 1.00 bits per heavy atom. The van der Waals surface area contributed by atoms with Gasteiger partial charge in [-0.2, -0.15) is 0 Å². The summed E-state index contributed by atoms with van der Waals surface area (Å²) < 4.78 is 5.56. The van der Waals surface area contributed by atoms with Crippen molar-refractivity contribution in [3.8, 4) is 5.75 Å². The number of hydrogen-bond donors (Lipinski definition) is 5. The van der Waals surface area contributed by atoms with Gasteiger partial charge in [0.1, 0.15) is 18.5 Å². The average Bonchev–Trinajstić information content (AvgIpc) is 3.35. The molecule has 7 nitrogen and oxygen atoms in total. The third kappa shape index (κ3) is 6.45. The molecule has 0 aliphatic carbocycles. The van der Waals surface area contributed by atoms with E-state index in [1.54, 1.807) is 6.07 Å². The van der Waals surface area contributed by atoms with Crippen molar-refractivity contribution in [3.63, 3.8) is 0 Å². The maximum Gasteiger partial charge on any atom is 0.255 e. The van der Waals surface area contributed by atoms with Gasteiger partial charge in [0, 0.05) is 40.9 Å². The van der Waals surface area contributed by atoms with Gasteiger partial charge in [-0.25, -0.2) is 0 Å². The minimum atomic E-state index is -0.697. The summed E-state index contributed by atoms with van der Waals surface area (Å²) in [5, 5.41) is 27.0. The largest absolute Gasteiger partial charge is 0.491 e. The van der Waals surface area contributed by atoms with Crippen LogP contribution in [0.3, 0.4) is 0 Å². The summed E-state index contributed by atoms with van der Waals surface area (Å²) in [6.07, 6.45) is 1.73. The highest BCUT2D eigenvalue weighted by atomic mass is 16.5. The van der Waals surface area contributed by atoms with Crippen molar-refractivity contribution in [1.29, 1.82) is 0 Å². The molecule has 34 heavy (non-hydrogen) atoms. The van der Waals surface area contributed by atoms with E-state index < -0.39 is 6.10 Å². The molecule has 1 amide bonds. The predicted octanol–water partition coefficient (Wildman–Crippen LogP) is 3.35. The number of aliphatic hydroxyl groups excluding tert-OH is 2. The maximum absolute atomic E-state index is 12.6. The molecular formula is C27H29N3O4. The Labute approximate surface area is 198 Å². The van der Waals surface area contributed by atoms with E-state index in [2.05, 4.69) is 15.6 Å². The lowest BCUT2D eigenvalue weighted by Gasteiger charge is -2.19. The van der Waals surface area contributed by atoms with Gasteiger partial charge in [-0.05, 0) is 60.5 Å². The summed E-state index contributed by atoms with van der Waals surface area (Å²) in [5.74, 6) is 0.537. The summed E-state index contributed by atoms with van der Waals surface area (Å²) in [5.41, 5.74) is 3.29. The van der Waals surface area contributed by atoms with E-state index in [1.807, 2.05) is 79.0 Å². The number of anilines is 1. The fourth-order valence-corrected chi connectivity index (χ4v) is 3.68. The molecule has 0 saturated carbocycles. The van der Waals surface area contributed by atoms with Crippen molar-refractivity contribution in [2.75, 3.05) is 25.1 Å². The second-order valence-electron chi connectivity index (χ2n) is 8.20. The summed E-state index contributed by atoms with van der Waals surface area (Å²) in [6.45, 7) is 0.407. The number of rotatable bonds is 11. The van der Waals surface area contributed by atoms with E-state index >= 15 is 0 Å². The summed E-state index contributed by atoms with van der Waals surface area (Å²) in [6, 6.07) is 24.1. The van der Waals surface area contributed by atoms with Gasteiger partial charge in [0.05, 0.1) is 6.61 Å². The number of hydrogen-bond acceptors (Lipinski definition) is 5. The first-order valence-electron chi connectivity index (χ1n) is 11.3. The Bertz CT molecular complexity index is 1190. The first-order valence-corrected chi connectivity index (χ1v) is 11.3. The molecule has 3 aromatic carbocycles. The molecule has 0 spiro atoms. The SMILES string of the molecule is O=C(Nc1ccc(C[C@@H](CO)NC[C@H](O)COc2ccccc2)cc1)c1ccc2[nH]ccc2c1. The molecule has 0 unspecified atom stereocenters. The lowest BCUT2D eigenvalue weighted by molar-refractivity contribution is 0.0997. The number of carbonyl (C=O) groups excluding carboxylic acids is 1. The molecule has 0 fully saturated rings. The summed E-state index contributed by atoms with van der Waals surface area (Å²) in [4.78, 5) is 15.7. The Morgan fingerprint density at radius 2 is 1.79 bits per heavy atom. The van der Waals surface area contributed by atoms with Gasteiger partial charge in [-0.1, -0.05) is 30.3 Å². The van der Waals surface area contributed by atoms with Crippen LogP contribution >= 0.6 is 0 Å². The highest BCUT2D eigenvalue weighted by Gasteiger charge is 2.13. The zero-order valence-electron chi connectivity index (χ0n) is 18.8. The summed E-state index contributed by atoms with van der Waals surface area (Å²) >= 11 is 0. The van der Waals surface area contributed by atoms with Crippen molar-refractivity contribution in [1.82, 2.24) is 10.3 Å². The molecule has 0 radical (unpaired) electrons. The number of benzene rings is 3. The third-order valence-corrected chi connectivity index (χ3v) is 5.56. The number of para-hydroxylation sites is 1. The zero-order chi connectivity index (χ0) is 23.8. The highest BCUT2D eigenvalue weighted by molar-refractivity contribution is 6.06. The topological polar surface area (TPSA) is 107 Å². The van der Waals surface area contributed by atoms with Crippen molar-refractivity contribution >= 4 is 22.5 Å². The van der Waals surface area contributed by atoms with Crippen molar-refractivity contribution in [3.05, 3.63) is 96.2 Å². The molecule has 176 valence electrons. The minimum absolute atomic E-state index is 0.0631. The number of aliphatic hydroxyl groups is 2. The van der Waals surface area contributed by atoms with E-state index in [0.717, 1.165) is 16.5 Å². The van der Waals surface area contributed by atoms with Gasteiger partial charge >= 0.3 is 0 Å². The lowest BCUT2D eigenvalue weighted by atomic mass is 10.1. The molecule has 1 heterocycles. The normalized spacial score (nSPS) is 12.9. The summed E-state index contributed by atoms with van der Waals surface area (Å²) in [7, 11) is 0. The number of ether oxygens (including phenoxy) is 1. The van der Waals surface area contributed by atoms with Crippen LogP contribution in [0.4, 0.5) is 5.69 Å². The van der Waals surface area contributed by atoms with Crippen molar-refractivity contribution in [2.24, 2.45) is 0 Å². The second-order valence-corrected chi connectivity index (χ2v) is 8.20. The standard InChI is InChI=1S/C27H29N3O4/c31-17-23(29-16-24(32)18-34-25-4-2-1-3-5-25)14-19-6-9-22(10-7-19)30-27(33)21-8-11-26-20(15-21)12-13-28-26/h1-13,15,23-24,28-29,31-32H,14,16-18H2,(H,30,33)/t23-,24-/m0/s1. The smallest absolute Gasteiger partial charge is 0.255 e. The molecule has 0 bridgehead atoms. The number of carbonyl (C=O) groups is 1. The predicted molar refractivity (Wildman–Crippen MR) is 133 cm³/mol. The molecule has 0 saturated heterocycles. The van der Waals surface area contributed by atoms with Crippen LogP contribution < -0.4 is 15.4 Å². The molecule has 0 aliphatic rings. The molecule has 5 N–H and O–H groups in total. The Morgan fingerprint density at radius 3 is 2.56 bits per heavy atom. The van der Waals surface area contributed by atoms with Gasteiger partial charge in [0.15, 0.2) is 0 Å². The number of aromatic amines is 1. The maximum atomic E-state index is 12.6. The molecule has 4 aromatic rings. The third-order valence-electron chi connectivity index (χ3n) is 5.56. The first kappa shape index (κ1) is 23.5. The Kier molecular flexibility index (Phi) is 7.93. The lowest BCUT2D eigenvalue weighted by Crippen LogP contribution is -2.41. The van der Waals surface area contributed by atoms with Crippen molar-refractivity contribution in [2.45, 2.75) is 18.6 Å². The van der Waals surface area contributed by atoms with Crippen LogP contribution in [0.1, 0.15) is 15.9 Å². The number of H-pyrrole nitrogens is 1. The van der Waals surface area contributed by atoms with Crippen LogP contribution in [0.25, 0.3) is 10.9 Å². The van der Waals surface area contributed by atoms with Gasteiger partial charge in [-0.15, -0.1) is 0 Å². The minimum Gasteiger partial charge on any atom is -0.491 e. The van der Waals surface area contributed by atoms with Crippen molar-refractivity contribution < 1.29 is 19.7 Å². The quantitative estimate of drug-likeness (QED) is 0.237. The number of amides is 1. The van der Waals surface area contributed by atoms with E-state index in [4.69, 9.17) is 4.74 Å². The van der Waals surface area contributed by atoms with E-state index in [-0.39, 0.29) is 25.2 Å². The number of fused-ring (bicyclic) bond motifs is 1. The monoisotopic (exact) mass is 459 g/mol. The molecule has 7 heteroatoms. The molecule has 2 atom stereocenters. The fourth-order valence-electron chi connectivity index (χ4n) is 3.68. The highest BCUT2D eigenvalue weighted by Crippen LogP contribution is 2.17. The van der Waals surface area contributed by atoms with Crippen LogP contribution in [0.15, 0.2) is 85.1 Å². The van der Waals surface area contributed by atoms with Gasteiger partial charge < -0.3 is 30.6 Å². The zero-order valence-corrected chi connectivity index (χ0v) is 18.8. The Hall–Kier alpha value is -3.65. The van der Waals surface area contributed by atoms with Crippen LogP contribution in [0, 0.1) is 0 Å². The molecule has 1 aromatic heterocycles. The second kappa shape index (κ2) is 11.5. The first-order chi connectivity index (χ1) is 16.6. The van der Waals surface area contributed by atoms with Crippen LogP contribution in [-0.4, -0.2) is 53.0 Å². The fraction of sp³-hybridized carbons (Fsp3) is 0.222. The molecular weight excluding hydrogens is 430 g/mol. The number of aromatic nitrogens is 1. The van der Waals surface area contributed by atoms with Crippen LogP contribution in [0.5, 0.6) is 5.75 Å². The van der Waals surface area contributed by atoms with Gasteiger partial charge in [-0.3, -0.25) is 4.79 Å². The molecule has 0 aliphatic heterocycles. The van der Waals surface area contributed by atoms with Gasteiger partial charge in [0.2, 0.25) is 0 Å². The molecule has 4 rings (SSSR count). The average molecular weight is 460 g/mol. The van der Waals surface area contributed by atoms with E-state index in [1.165, 1.54) is 0 Å². The van der Waals surface area contributed by atoms with Crippen LogP contribution in [-0.2, 0) is 6.42 Å².